The third-order valence-corrected chi connectivity index (χ3v) is 15.9. The van der Waals surface area contributed by atoms with Crippen molar-refractivity contribution in [2.45, 2.75) is 148 Å². The smallest absolute Gasteiger partial charge is 0.186 e. The summed E-state index contributed by atoms with van der Waals surface area (Å²) in [4.78, 5) is 0. The molecular weight excluding hydrogens is 604 g/mol. The van der Waals surface area contributed by atoms with E-state index in [2.05, 4.69) is 20.8 Å². The molecule has 268 valence electrons. The Hall–Kier alpha value is -0.660. The molecule has 10 heteroatoms. The van der Waals surface area contributed by atoms with Crippen LogP contribution in [0.4, 0.5) is 0 Å². The fourth-order valence-electron chi connectivity index (χ4n) is 13.4. The van der Waals surface area contributed by atoms with Crippen LogP contribution in [0.3, 0.4) is 0 Å². The van der Waals surface area contributed by atoms with E-state index in [-0.39, 0.29) is 46.2 Å². The number of rotatable bonds is 7. The van der Waals surface area contributed by atoms with Crippen LogP contribution in [0.2, 0.25) is 0 Å². The fraction of sp³-hybridized carbons (Fsp3) is 0.946. The standard InChI is InChI=1S/C37H60O10/c1-19(2)15-21-27(40)26(31(44-6)45-21)20-9-11-35(5)24-8-7-23-33(3,18-39)25(47-32-30(43)29(42)28(41)22(16-38)46-32)10-12-36(23)17-37(24,36)14-13-34(20,35)4/h15,20-32,38-43H,7-14,16-18H2,1-6H3/t20-,21-,22-,23-,24+,25+,26+,27-,28+,29-,30-,31-,32-,33-,34-,35+,36-,37+/m1/s1. The molecule has 5 aliphatic carbocycles. The molecule has 18 atom stereocenters. The van der Waals surface area contributed by atoms with Gasteiger partial charge in [0, 0.05) is 18.4 Å². The van der Waals surface area contributed by atoms with E-state index in [9.17, 15) is 30.6 Å². The van der Waals surface area contributed by atoms with E-state index in [1.54, 1.807) is 7.11 Å². The summed E-state index contributed by atoms with van der Waals surface area (Å²) in [5, 5.41) is 63.8. The Morgan fingerprint density at radius 3 is 2.13 bits per heavy atom. The lowest BCUT2D eigenvalue weighted by Crippen LogP contribution is -2.63. The second kappa shape index (κ2) is 11.7. The minimum atomic E-state index is -1.50. The lowest BCUT2D eigenvalue weighted by Gasteiger charge is -2.64. The topological polar surface area (TPSA) is 158 Å². The van der Waals surface area contributed by atoms with Crippen molar-refractivity contribution in [2.75, 3.05) is 20.3 Å². The number of fused-ring (bicyclic) bond motifs is 2. The van der Waals surface area contributed by atoms with Gasteiger partial charge in [-0.15, -0.1) is 0 Å². The number of allylic oxidation sites excluding steroid dienone is 1. The van der Waals surface area contributed by atoms with E-state index < -0.39 is 61.2 Å². The van der Waals surface area contributed by atoms with E-state index >= 15 is 0 Å². The van der Waals surface area contributed by atoms with Gasteiger partial charge in [0.15, 0.2) is 12.6 Å². The Kier molecular flexibility index (Phi) is 8.65. The van der Waals surface area contributed by atoms with Crippen LogP contribution in [0.1, 0.15) is 92.4 Å². The molecule has 6 N–H and O–H groups in total. The summed E-state index contributed by atoms with van der Waals surface area (Å²) in [6.07, 6.45) is 3.04. The Labute approximate surface area is 279 Å². The van der Waals surface area contributed by atoms with Crippen LogP contribution in [0.5, 0.6) is 0 Å². The van der Waals surface area contributed by atoms with Crippen molar-refractivity contribution in [3.05, 3.63) is 11.6 Å². The fourth-order valence-corrected chi connectivity index (χ4v) is 13.4. The molecule has 0 unspecified atom stereocenters. The molecule has 7 fully saturated rings. The van der Waals surface area contributed by atoms with Crippen LogP contribution in [0, 0.1) is 50.7 Å². The Morgan fingerprint density at radius 2 is 1.47 bits per heavy atom. The van der Waals surface area contributed by atoms with Crippen LogP contribution in [-0.4, -0.2) is 106 Å². The zero-order valence-corrected chi connectivity index (χ0v) is 29.2. The molecule has 7 aliphatic rings. The van der Waals surface area contributed by atoms with Crippen LogP contribution in [0.15, 0.2) is 11.6 Å². The molecule has 0 radical (unpaired) electrons. The maximum absolute atomic E-state index is 11.6. The first-order valence-electron chi connectivity index (χ1n) is 18.3. The molecule has 0 amide bonds. The normalized spacial score (nSPS) is 58.3. The SMILES string of the molecule is CO[C@@H]1O[C@H](C=C(C)C)[C@@H](O)[C@@H]1[C@H]1CC[C@@]2(C)[C@@H]3CC[C@@H]4[C@@](C)(CO)[C@@H](O[C@H]5O[C@H](CO)[C@H](O)[C@@H](O)[C@H]5O)CC[C@@]45C[C@@]35CC[C@]12C. The van der Waals surface area contributed by atoms with Gasteiger partial charge in [-0.2, -0.15) is 0 Å². The first-order chi connectivity index (χ1) is 22.2. The van der Waals surface area contributed by atoms with Crippen LogP contribution < -0.4 is 0 Å². The molecule has 2 spiro atoms. The number of hydrogen-bond acceptors (Lipinski definition) is 10. The third kappa shape index (κ3) is 4.58. The highest BCUT2D eigenvalue weighted by Gasteiger charge is 2.83. The lowest BCUT2D eigenvalue weighted by atomic mass is 9.41. The number of ether oxygens (including phenoxy) is 4. The number of aliphatic hydroxyl groups excluding tert-OH is 6. The molecule has 47 heavy (non-hydrogen) atoms. The Balaban J connectivity index is 1.13. The van der Waals surface area contributed by atoms with Gasteiger partial charge in [-0.05, 0) is 111 Å². The van der Waals surface area contributed by atoms with Crippen molar-refractivity contribution in [2.24, 2.45) is 50.7 Å². The molecule has 5 saturated carbocycles. The van der Waals surface area contributed by atoms with Gasteiger partial charge < -0.3 is 49.6 Å². The van der Waals surface area contributed by atoms with Crippen molar-refractivity contribution in [1.29, 1.82) is 0 Å². The quantitative estimate of drug-likeness (QED) is 0.177. The molecule has 2 saturated heterocycles. The van der Waals surface area contributed by atoms with Gasteiger partial charge in [0.1, 0.15) is 30.5 Å². The third-order valence-electron chi connectivity index (χ3n) is 15.9. The zero-order chi connectivity index (χ0) is 33.9. The summed E-state index contributed by atoms with van der Waals surface area (Å²) in [6.45, 7) is 10.7. The van der Waals surface area contributed by atoms with E-state index in [4.69, 9.17) is 18.9 Å². The summed E-state index contributed by atoms with van der Waals surface area (Å²) >= 11 is 0. The number of methoxy groups -OCH3 is 1. The molecular formula is C37H60O10. The van der Waals surface area contributed by atoms with Gasteiger partial charge in [0.25, 0.3) is 0 Å². The highest BCUT2D eigenvalue weighted by Crippen LogP contribution is 2.89. The Bertz CT molecular complexity index is 1220. The minimum Gasteiger partial charge on any atom is -0.396 e. The average Bonchev–Trinajstić information content (AvgIpc) is 3.51. The first-order valence-corrected chi connectivity index (χ1v) is 18.3. The van der Waals surface area contributed by atoms with E-state index in [0.29, 0.717) is 18.3 Å². The van der Waals surface area contributed by atoms with Gasteiger partial charge >= 0.3 is 0 Å². The van der Waals surface area contributed by atoms with Gasteiger partial charge in [-0.3, -0.25) is 0 Å². The highest BCUT2D eigenvalue weighted by molar-refractivity contribution is 5.31. The summed E-state index contributed by atoms with van der Waals surface area (Å²) in [5.41, 5.74) is 1.09. The van der Waals surface area contributed by atoms with Crippen LogP contribution in [0.25, 0.3) is 0 Å². The monoisotopic (exact) mass is 664 g/mol. The van der Waals surface area contributed by atoms with Crippen LogP contribution >= 0.6 is 0 Å². The summed E-state index contributed by atoms with van der Waals surface area (Å²) in [6, 6.07) is 0. The molecule has 0 aromatic carbocycles. The number of hydrogen-bond donors (Lipinski definition) is 6. The summed E-state index contributed by atoms with van der Waals surface area (Å²) in [7, 11) is 1.70. The van der Waals surface area contributed by atoms with E-state index in [1.807, 2.05) is 19.9 Å². The molecule has 0 aromatic heterocycles. The predicted octanol–water partition coefficient (Wildman–Crippen LogP) is 2.90. The van der Waals surface area contributed by atoms with Gasteiger partial charge in [0.2, 0.25) is 0 Å². The predicted molar refractivity (Wildman–Crippen MR) is 172 cm³/mol. The van der Waals surface area contributed by atoms with Gasteiger partial charge in [-0.25, -0.2) is 0 Å². The summed E-state index contributed by atoms with van der Waals surface area (Å²) in [5.74, 6) is 1.05. The molecule has 10 nitrogen and oxygen atoms in total. The van der Waals surface area contributed by atoms with E-state index in [1.165, 1.54) is 6.42 Å². The van der Waals surface area contributed by atoms with Gasteiger partial charge in [0.05, 0.1) is 25.4 Å². The lowest BCUT2D eigenvalue weighted by molar-refractivity contribution is -0.329. The molecule has 2 aliphatic heterocycles. The van der Waals surface area contributed by atoms with Crippen molar-refractivity contribution >= 4 is 0 Å². The number of aliphatic hydroxyl groups is 6. The Morgan fingerprint density at radius 1 is 0.766 bits per heavy atom. The second-order valence-corrected chi connectivity index (χ2v) is 17.7. The maximum Gasteiger partial charge on any atom is 0.186 e. The van der Waals surface area contributed by atoms with Gasteiger partial charge in [-0.1, -0.05) is 32.4 Å². The average molecular weight is 665 g/mol. The van der Waals surface area contributed by atoms with Crippen molar-refractivity contribution < 1.29 is 49.6 Å². The van der Waals surface area contributed by atoms with Crippen LogP contribution in [-0.2, 0) is 18.9 Å². The maximum atomic E-state index is 11.6. The summed E-state index contributed by atoms with van der Waals surface area (Å²) < 4.78 is 24.4. The molecule has 0 aromatic rings. The first kappa shape index (κ1) is 34.8. The largest absolute Gasteiger partial charge is 0.396 e. The second-order valence-electron chi connectivity index (χ2n) is 17.7. The molecule has 0 bridgehead atoms. The minimum absolute atomic E-state index is 0.0505. The molecule has 7 rings (SSSR count). The van der Waals surface area contributed by atoms with Crippen molar-refractivity contribution in [1.82, 2.24) is 0 Å². The highest BCUT2D eigenvalue weighted by atomic mass is 16.7. The van der Waals surface area contributed by atoms with Crippen molar-refractivity contribution in [3.8, 4) is 0 Å². The zero-order valence-electron chi connectivity index (χ0n) is 29.2. The molecule has 2 heterocycles. The van der Waals surface area contributed by atoms with E-state index in [0.717, 1.165) is 50.5 Å². The van der Waals surface area contributed by atoms with Crippen molar-refractivity contribution in [3.63, 3.8) is 0 Å².